The van der Waals surface area contributed by atoms with Gasteiger partial charge in [0.15, 0.2) is 0 Å². The third kappa shape index (κ3) is 4.13. The molecule has 1 aliphatic heterocycles. The van der Waals surface area contributed by atoms with E-state index in [1.54, 1.807) is 43.3 Å². The van der Waals surface area contributed by atoms with Crippen LogP contribution in [0.25, 0.3) is 0 Å². The molecular formula is C22H22N2O5. The third-order valence-corrected chi connectivity index (χ3v) is 4.73. The summed E-state index contributed by atoms with van der Waals surface area (Å²) in [6, 6.07) is 12.6. The molecule has 1 saturated heterocycles. The van der Waals surface area contributed by atoms with Crippen molar-refractivity contribution in [3.63, 3.8) is 0 Å². The summed E-state index contributed by atoms with van der Waals surface area (Å²) < 4.78 is 5.57. The van der Waals surface area contributed by atoms with Crippen LogP contribution in [0.15, 0.2) is 60.7 Å². The van der Waals surface area contributed by atoms with Crippen molar-refractivity contribution in [3.8, 4) is 5.75 Å². The van der Waals surface area contributed by atoms with Crippen molar-refractivity contribution in [1.29, 1.82) is 0 Å². The number of carboxylic acids is 1. The second kappa shape index (κ2) is 7.79. The van der Waals surface area contributed by atoms with E-state index < -0.39 is 17.5 Å². The van der Waals surface area contributed by atoms with Crippen molar-refractivity contribution in [2.75, 3.05) is 6.61 Å². The average Bonchev–Trinajstić information content (AvgIpc) is 2.91. The number of carbonyl (C=O) groups excluding carboxylic acids is 2. The lowest BCUT2D eigenvalue weighted by Gasteiger charge is -2.22. The van der Waals surface area contributed by atoms with Crippen LogP contribution in [0, 0.1) is 0 Å². The molecule has 0 saturated carbocycles. The molecule has 1 fully saturated rings. The van der Waals surface area contributed by atoms with Crippen LogP contribution in [0.2, 0.25) is 0 Å². The fraction of sp³-hybridized carbons (Fsp3) is 0.227. The lowest BCUT2D eigenvalue weighted by atomic mass is 9.92. The predicted molar refractivity (Wildman–Crippen MR) is 107 cm³/mol. The number of carboxylic acid groups (broad SMARTS) is 1. The summed E-state index contributed by atoms with van der Waals surface area (Å²) in [5, 5.41) is 11.7. The summed E-state index contributed by atoms with van der Waals surface area (Å²) >= 11 is 0. The zero-order valence-corrected chi connectivity index (χ0v) is 16.3. The number of nitrogens with zero attached hydrogens (tertiary/aromatic N) is 1. The van der Waals surface area contributed by atoms with Gasteiger partial charge in [-0.2, -0.15) is 0 Å². The summed E-state index contributed by atoms with van der Waals surface area (Å²) in [5.74, 6) is -0.761. The summed E-state index contributed by atoms with van der Waals surface area (Å²) in [6.45, 7) is 7.77. The van der Waals surface area contributed by atoms with Crippen molar-refractivity contribution in [2.45, 2.75) is 25.9 Å². The molecule has 0 bridgehead atoms. The Bertz CT molecular complexity index is 966. The van der Waals surface area contributed by atoms with Gasteiger partial charge in [-0.05, 0) is 54.8 Å². The SMILES string of the molecule is C=C(C)COc1ccc(C2(C)NC(=O)N(Cc3ccc(C(=O)O)cc3)C2=O)cc1. The van der Waals surface area contributed by atoms with Gasteiger partial charge in [0.25, 0.3) is 5.91 Å². The van der Waals surface area contributed by atoms with Gasteiger partial charge >= 0.3 is 12.0 Å². The second-order valence-corrected chi connectivity index (χ2v) is 7.22. The molecule has 0 spiro atoms. The lowest BCUT2D eigenvalue weighted by Crippen LogP contribution is -2.40. The first-order chi connectivity index (χ1) is 13.7. The molecule has 7 heteroatoms. The Hall–Kier alpha value is -3.61. The molecule has 29 heavy (non-hydrogen) atoms. The minimum absolute atomic E-state index is 0.0555. The normalized spacial score (nSPS) is 18.5. The van der Waals surface area contributed by atoms with Crippen LogP contribution in [0.4, 0.5) is 4.79 Å². The van der Waals surface area contributed by atoms with Crippen molar-refractivity contribution >= 4 is 17.9 Å². The second-order valence-electron chi connectivity index (χ2n) is 7.22. The van der Waals surface area contributed by atoms with E-state index in [9.17, 15) is 14.4 Å². The van der Waals surface area contributed by atoms with Crippen molar-refractivity contribution in [1.82, 2.24) is 10.2 Å². The number of urea groups is 1. The van der Waals surface area contributed by atoms with Gasteiger partial charge in [-0.3, -0.25) is 9.69 Å². The molecular weight excluding hydrogens is 372 g/mol. The van der Waals surface area contributed by atoms with E-state index >= 15 is 0 Å². The minimum Gasteiger partial charge on any atom is -0.489 e. The van der Waals surface area contributed by atoms with Gasteiger partial charge in [0.05, 0.1) is 12.1 Å². The largest absolute Gasteiger partial charge is 0.489 e. The van der Waals surface area contributed by atoms with Gasteiger partial charge in [-0.1, -0.05) is 30.8 Å². The number of hydrogen-bond donors (Lipinski definition) is 2. The summed E-state index contributed by atoms with van der Waals surface area (Å²) in [7, 11) is 0. The van der Waals surface area contributed by atoms with Crippen molar-refractivity contribution in [2.24, 2.45) is 0 Å². The Kier molecular flexibility index (Phi) is 5.41. The first-order valence-corrected chi connectivity index (χ1v) is 9.05. The maximum atomic E-state index is 13.0. The molecule has 0 aliphatic carbocycles. The Labute approximate surface area is 168 Å². The fourth-order valence-electron chi connectivity index (χ4n) is 3.06. The predicted octanol–water partition coefficient (Wildman–Crippen LogP) is 3.31. The highest BCUT2D eigenvalue weighted by Crippen LogP contribution is 2.31. The minimum atomic E-state index is -1.19. The Morgan fingerprint density at radius 1 is 1.14 bits per heavy atom. The number of imide groups is 1. The molecule has 1 heterocycles. The lowest BCUT2D eigenvalue weighted by molar-refractivity contribution is -0.131. The van der Waals surface area contributed by atoms with Crippen LogP contribution in [0.1, 0.15) is 35.3 Å². The van der Waals surface area contributed by atoms with Crippen LogP contribution < -0.4 is 10.1 Å². The number of carbonyl (C=O) groups is 3. The standard InChI is InChI=1S/C22H22N2O5/c1-14(2)13-29-18-10-8-17(9-11-18)22(3)20(27)24(21(28)23-22)12-15-4-6-16(7-5-15)19(25)26/h4-11H,1,12-13H2,2-3H3,(H,23,28)(H,25,26). The van der Waals surface area contributed by atoms with Crippen molar-refractivity contribution in [3.05, 3.63) is 77.4 Å². The Morgan fingerprint density at radius 3 is 2.31 bits per heavy atom. The molecule has 2 aromatic rings. The smallest absolute Gasteiger partial charge is 0.335 e. The first-order valence-electron chi connectivity index (χ1n) is 9.05. The van der Waals surface area contributed by atoms with Crippen LogP contribution in [0.3, 0.4) is 0 Å². The van der Waals surface area contributed by atoms with Gasteiger partial charge in [-0.25, -0.2) is 9.59 Å². The molecule has 1 unspecified atom stereocenters. The van der Waals surface area contributed by atoms with Crippen LogP contribution in [0.5, 0.6) is 5.75 Å². The Balaban J connectivity index is 1.76. The highest BCUT2D eigenvalue weighted by molar-refractivity contribution is 6.07. The van der Waals surface area contributed by atoms with Crippen LogP contribution in [-0.4, -0.2) is 34.5 Å². The molecule has 3 amide bonds. The maximum absolute atomic E-state index is 13.0. The van der Waals surface area contributed by atoms with E-state index in [-0.39, 0.29) is 18.0 Å². The zero-order chi connectivity index (χ0) is 21.2. The van der Waals surface area contributed by atoms with E-state index in [0.717, 1.165) is 10.5 Å². The summed E-state index contributed by atoms with van der Waals surface area (Å²) in [5.41, 5.74) is 1.15. The zero-order valence-electron chi connectivity index (χ0n) is 16.3. The molecule has 150 valence electrons. The van der Waals surface area contributed by atoms with E-state index in [2.05, 4.69) is 11.9 Å². The number of benzene rings is 2. The average molecular weight is 394 g/mol. The molecule has 3 rings (SSSR count). The van der Waals surface area contributed by atoms with Gasteiger partial charge in [0, 0.05) is 0 Å². The van der Waals surface area contributed by atoms with E-state index in [4.69, 9.17) is 9.84 Å². The molecule has 1 atom stereocenters. The molecule has 2 N–H and O–H groups in total. The molecule has 0 aromatic heterocycles. The highest BCUT2D eigenvalue weighted by Gasteiger charge is 2.48. The van der Waals surface area contributed by atoms with Crippen molar-refractivity contribution < 1.29 is 24.2 Å². The number of nitrogens with one attached hydrogen (secondary N) is 1. The maximum Gasteiger partial charge on any atom is 0.335 e. The Morgan fingerprint density at radius 2 is 1.76 bits per heavy atom. The van der Waals surface area contributed by atoms with Crippen LogP contribution in [-0.2, 0) is 16.9 Å². The molecule has 0 radical (unpaired) electrons. The first kappa shape index (κ1) is 20.1. The summed E-state index contributed by atoms with van der Waals surface area (Å²) in [6.07, 6.45) is 0. The van der Waals surface area contributed by atoms with Gasteiger partial charge in [0.2, 0.25) is 0 Å². The van der Waals surface area contributed by atoms with Crippen LogP contribution >= 0.6 is 0 Å². The molecule has 1 aliphatic rings. The molecule has 7 nitrogen and oxygen atoms in total. The van der Waals surface area contributed by atoms with E-state index in [0.29, 0.717) is 23.5 Å². The molecule has 2 aromatic carbocycles. The van der Waals surface area contributed by atoms with Gasteiger partial charge in [0.1, 0.15) is 17.9 Å². The van der Waals surface area contributed by atoms with E-state index in [1.165, 1.54) is 12.1 Å². The number of hydrogen-bond acceptors (Lipinski definition) is 4. The summed E-state index contributed by atoms with van der Waals surface area (Å²) in [4.78, 5) is 37.6. The third-order valence-electron chi connectivity index (χ3n) is 4.73. The number of amides is 3. The number of aromatic carboxylic acids is 1. The number of ether oxygens (including phenoxy) is 1. The van der Waals surface area contributed by atoms with Gasteiger partial charge < -0.3 is 15.2 Å². The highest BCUT2D eigenvalue weighted by atomic mass is 16.5. The fourth-order valence-corrected chi connectivity index (χ4v) is 3.06. The number of rotatable bonds is 7. The monoisotopic (exact) mass is 394 g/mol. The van der Waals surface area contributed by atoms with Gasteiger partial charge in [-0.15, -0.1) is 0 Å². The topological polar surface area (TPSA) is 95.9 Å². The van der Waals surface area contributed by atoms with E-state index in [1.807, 2.05) is 6.92 Å². The quantitative estimate of drug-likeness (QED) is 0.555.